The lowest BCUT2D eigenvalue weighted by Crippen LogP contribution is -2.04. The maximum Gasteiger partial charge on any atom is 0.203 e. The Labute approximate surface area is 94.0 Å². The van der Waals surface area contributed by atoms with Crippen LogP contribution in [0, 0.1) is 6.92 Å². The van der Waals surface area contributed by atoms with E-state index in [0.717, 1.165) is 11.1 Å². The molecule has 1 aromatic heterocycles. The van der Waals surface area contributed by atoms with Crippen molar-refractivity contribution in [3.8, 4) is 0 Å². The zero-order valence-electron chi connectivity index (χ0n) is 7.40. The van der Waals surface area contributed by atoms with Gasteiger partial charge in [0.2, 0.25) is 5.43 Å². The highest BCUT2D eigenvalue weighted by molar-refractivity contribution is 9.10. The van der Waals surface area contributed by atoms with Gasteiger partial charge in [0.15, 0.2) is 0 Å². The van der Waals surface area contributed by atoms with E-state index in [1.54, 1.807) is 12.3 Å². The van der Waals surface area contributed by atoms with Gasteiger partial charge in [0.1, 0.15) is 0 Å². The summed E-state index contributed by atoms with van der Waals surface area (Å²) in [7, 11) is 0. The molecule has 0 atom stereocenters. The number of halogens is 2. The molecule has 0 aliphatic rings. The number of H-pyrrole nitrogens is 1. The van der Waals surface area contributed by atoms with E-state index in [9.17, 15) is 4.79 Å². The van der Waals surface area contributed by atoms with Crippen molar-refractivity contribution in [2.24, 2.45) is 0 Å². The van der Waals surface area contributed by atoms with Gasteiger partial charge in [-0.25, -0.2) is 0 Å². The smallest absolute Gasteiger partial charge is 0.203 e. The molecule has 0 spiro atoms. The van der Waals surface area contributed by atoms with Crippen LogP contribution in [0.5, 0.6) is 0 Å². The molecule has 0 amide bonds. The van der Waals surface area contributed by atoms with Crippen LogP contribution in [0.1, 0.15) is 5.56 Å². The molecule has 2 aromatic rings. The van der Waals surface area contributed by atoms with Crippen molar-refractivity contribution in [3.63, 3.8) is 0 Å². The molecule has 4 heteroatoms. The first-order valence-electron chi connectivity index (χ1n) is 4.06. The topological polar surface area (TPSA) is 32.9 Å². The van der Waals surface area contributed by atoms with Gasteiger partial charge in [-0.2, -0.15) is 0 Å². The summed E-state index contributed by atoms with van der Waals surface area (Å²) in [5.41, 5.74) is 1.77. The number of benzene rings is 1. The highest BCUT2D eigenvalue weighted by atomic mass is 79.9. The molecule has 1 N–H and O–H groups in total. The zero-order chi connectivity index (χ0) is 10.3. The number of aromatic amines is 1. The SMILES string of the molecule is Cc1cc(Cl)cc2c(=O)c(Br)c[nH]c12. The van der Waals surface area contributed by atoms with Crippen LogP contribution in [-0.4, -0.2) is 4.98 Å². The molecule has 1 aromatic carbocycles. The highest BCUT2D eigenvalue weighted by Crippen LogP contribution is 2.20. The van der Waals surface area contributed by atoms with E-state index >= 15 is 0 Å². The Bertz CT molecular complexity index is 562. The minimum atomic E-state index is -0.0376. The fourth-order valence-corrected chi connectivity index (χ4v) is 2.04. The molecule has 2 nitrogen and oxygen atoms in total. The Morgan fingerprint density at radius 1 is 1.43 bits per heavy atom. The van der Waals surface area contributed by atoms with Gasteiger partial charge in [0.05, 0.1) is 9.99 Å². The predicted molar refractivity (Wildman–Crippen MR) is 62.0 cm³/mol. The van der Waals surface area contributed by atoms with Crippen molar-refractivity contribution in [1.82, 2.24) is 4.98 Å². The van der Waals surface area contributed by atoms with Gasteiger partial charge in [-0.15, -0.1) is 0 Å². The van der Waals surface area contributed by atoms with E-state index in [0.29, 0.717) is 14.9 Å². The number of hydrogen-bond acceptors (Lipinski definition) is 1. The van der Waals surface area contributed by atoms with E-state index in [4.69, 9.17) is 11.6 Å². The molecule has 0 aliphatic heterocycles. The maximum absolute atomic E-state index is 11.7. The summed E-state index contributed by atoms with van der Waals surface area (Å²) in [5.74, 6) is 0. The van der Waals surface area contributed by atoms with Gasteiger partial charge >= 0.3 is 0 Å². The summed E-state index contributed by atoms with van der Waals surface area (Å²) >= 11 is 9.06. The van der Waals surface area contributed by atoms with Crippen molar-refractivity contribution >= 4 is 38.4 Å². The van der Waals surface area contributed by atoms with E-state index in [1.807, 2.05) is 13.0 Å². The van der Waals surface area contributed by atoms with E-state index < -0.39 is 0 Å². The summed E-state index contributed by atoms with van der Waals surface area (Å²) in [4.78, 5) is 14.8. The summed E-state index contributed by atoms with van der Waals surface area (Å²) in [5, 5.41) is 1.20. The lowest BCUT2D eigenvalue weighted by Gasteiger charge is -2.02. The van der Waals surface area contributed by atoms with Gasteiger partial charge in [-0.3, -0.25) is 4.79 Å². The molecule has 0 bridgehead atoms. The Kier molecular flexibility index (Phi) is 2.37. The van der Waals surface area contributed by atoms with Crippen LogP contribution < -0.4 is 5.43 Å². The largest absolute Gasteiger partial charge is 0.360 e. The van der Waals surface area contributed by atoms with Crippen LogP contribution in [0.4, 0.5) is 0 Å². The van der Waals surface area contributed by atoms with Gasteiger partial charge < -0.3 is 4.98 Å². The van der Waals surface area contributed by atoms with Gasteiger partial charge in [-0.05, 0) is 40.5 Å². The summed E-state index contributed by atoms with van der Waals surface area (Å²) in [6, 6.07) is 3.50. The molecule has 0 aliphatic carbocycles. The normalized spacial score (nSPS) is 10.8. The number of pyridine rings is 1. The molecule has 0 radical (unpaired) electrons. The molecular formula is C10H7BrClNO. The standard InChI is InChI=1S/C10H7BrClNO/c1-5-2-6(12)3-7-9(5)13-4-8(11)10(7)14/h2-4H,1H3,(H,13,14). The van der Waals surface area contributed by atoms with Crippen molar-refractivity contribution < 1.29 is 0 Å². The Morgan fingerprint density at radius 3 is 2.86 bits per heavy atom. The molecular weight excluding hydrogens is 265 g/mol. The zero-order valence-corrected chi connectivity index (χ0v) is 9.74. The molecule has 0 fully saturated rings. The molecule has 14 heavy (non-hydrogen) atoms. The first-order chi connectivity index (χ1) is 6.59. The lowest BCUT2D eigenvalue weighted by molar-refractivity contribution is 1.33. The maximum atomic E-state index is 11.7. The fraction of sp³-hybridized carbons (Fsp3) is 0.100. The average Bonchev–Trinajstić information content (AvgIpc) is 2.12. The fourth-order valence-electron chi connectivity index (χ4n) is 1.44. The average molecular weight is 273 g/mol. The molecule has 0 unspecified atom stereocenters. The van der Waals surface area contributed by atoms with Crippen molar-refractivity contribution in [3.05, 3.63) is 43.6 Å². The molecule has 0 saturated carbocycles. The Morgan fingerprint density at radius 2 is 2.14 bits per heavy atom. The van der Waals surface area contributed by atoms with Gasteiger partial charge in [0, 0.05) is 16.6 Å². The number of fused-ring (bicyclic) bond motifs is 1. The van der Waals surface area contributed by atoms with Crippen LogP contribution >= 0.6 is 27.5 Å². The second-order valence-corrected chi connectivity index (χ2v) is 4.40. The van der Waals surface area contributed by atoms with Gasteiger partial charge in [0.25, 0.3) is 0 Å². The Hall–Kier alpha value is -0.800. The van der Waals surface area contributed by atoms with E-state index in [-0.39, 0.29) is 5.43 Å². The third-order valence-electron chi connectivity index (χ3n) is 2.11. The number of nitrogens with one attached hydrogen (secondary N) is 1. The molecule has 0 saturated heterocycles. The monoisotopic (exact) mass is 271 g/mol. The van der Waals surface area contributed by atoms with Crippen LogP contribution in [0.25, 0.3) is 10.9 Å². The molecule has 1 heterocycles. The number of aromatic nitrogens is 1. The minimum absolute atomic E-state index is 0.0376. The predicted octanol–water partition coefficient (Wildman–Crippen LogP) is 3.25. The minimum Gasteiger partial charge on any atom is -0.360 e. The van der Waals surface area contributed by atoms with E-state index in [1.165, 1.54) is 0 Å². The van der Waals surface area contributed by atoms with Gasteiger partial charge in [-0.1, -0.05) is 11.6 Å². The number of hydrogen-bond donors (Lipinski definition) is 1. The summed E-state index contributed by atoms with van der Waals surface area (Å²) < 4.78 is 0.520. The van der Waals surface area contributed by atoms with Crippen molar-refractivity contribution in [1.29, 1.82) is 0 Å². The first kappa shape index (κ1) is 9.74. The Balaban J connectivity index is 3.03. The third kappa shape index (κ3) is 1.47. The highest BCUT2D eigenvalue weighted by Gasteiger charge is 2.05. The second-order valence-electron chi connectivity index (χ2n) is 3.11. The first-order valence-corrected chi connectivity index (χ1v) is 5.24. The van der Waals surface area contributed by atoms with Crippen molar-refractivity contribution in [2.75, 3.05) is 0 Å². The quantitative estimate of drug-likeness (QED) is 0.784. The molecule has 2 rings (SSSR count). The summed E-state index contributed by atoms with van der Waals surface area (Å²) in [6.45, 7) is 1.91. The van der Waals surface area contributed by atoms with Crippen molar-refractivity contribution in [2.45, 2.75) is 6.92 Å². The second kappa shape index (κ2) is 3.41. The molecule has 72 valence electrons. The van der Waals surface area contributed by atoms with Crippen LogP contribution in [0.2, 0.25) is 5.02 Å². The summed E-state index contributed by atoms with van der Waals surface area (Å²) in [6.07, 6.45) is 1.64. The van der Waals surface area contributed by atoms with Crippen LogP contribution in [-0.2, 0) is 0 Å². The lowest BCUT2D eigenvalue weighted by atomic mass is 10.1. The van der Waals surface area contributed by atoms with E-state index in [2.05, 4.69) is 20.9 Å². The number of aryl methyl sites for hydroxylation is 1. The van der Waals surface area contributed by atoms with Crippen LogP contribution in [0.3, 0.4) is 0 Å². The van der Waals surface area contributed by atoms with Crippen LogP contribution in [0.15, 0.2) is 27.6 Å². The number of rotatable bonds is 0. The third-order valence-corrected chi connectivity index (χ3v) is 2.91.